The maximum Gasteiger partial charge on any atom is 0.0829 e. The summed E-state index contributed by atoms with van der Waals surface area (Å²) >= 11 is 0. The summed E-state index contributed by atoms with van der Waals surface area (Å²) in [6.07, 6.45) is 6.35. The second-order valence-corrected chi connectivity index (χ2v) is 4.66. The molecule has 1 aliphatic rings. The fourth-order valence-corrected chi connectivity index (χ4v) is 1.40. The maximum atomic E-state index is 9.10. The quantitative estimate of drug-likeness (QED) is 0.668. The van der Waals surface area contributed by atoms with E-state index in [0.717, 1.165) is 5.70 Å². The molecule has 1 heterocycles. The van der Waals surface area contributed by atoms with Gasteiger partial charge < -0.3 is 10.0 Å². The first-order chi connectivity index (χ1) is 5.95. The minimum absolute atomic E-state index is 0.118. The monoisotopic (exact) mass is 181 g/mol. The van der Waals surface area contributed by atoms with E-state index in [1.54, 1.807) is 0 Å². The van der Waals surface area contributed by atoms with Crippen LogP contribution in [0.25, 0.3) is 0 Å². The van der Waals surface area contributed by atoms with Crippen molar-refractivity contribution < 1.29 is 5.11 Å². The molecule has 13 heavy (non-hydrogen) atoms. The first-order valence-electron chi connectivity index (χ1n) is 4.68. The van der Waals surface area contributed by atoms with E-state index in [0.29, 0.717) is 5.92 Å². The summed E-state index contributed by atoms with van der Waals surface area (Å²) in [5.41, 5.74) is 1.22. The molecule has 0 fully saturated rings. The zero-order valence-corrected chi connectivity index (χ0v) is 8.91. The van der Waals surface area contributed by atoms with Crippen LogP contribution in [0.1, 0.15) is 20.8 Å². The van der Waals surface area contributed by atoms with Gasteiger partial charge in [-0.3, -0.25) is 0 Å². The summed E-state index contributed by atoms with van der Waals surface area (Å²) < 4.78 is 0. The normalized spacial score (nSPS) is 23.3. The molecule has 0 amide bonds. The van der Waals surface area contributed by atoms with Crippen molar-refractivity contribution in [3.63, 3.8) is 0 Å². The highest BCUT2D eigenvalue weighted by molar-refractivity contribution is 5.18. The summed E-state index contributed by atoms with van der Waals surface area (Å²) in [6.45, 7) is 6.74. The van der Waals surface area contributed by atoms with Gasteiger partial charge in [0.2, 0.25) is 0 Å². The van der Waals surface area contributed by atoms with Crippen LogP contribution in [0.3, 0.4) is 0 Å². The van der Waals surface area contributed by atoms with Gasteiger partial charge in [0.05, 0.1) is 6.61 Å². The molecule has 0 aromatic rings. The van der Waals surface area contributed by atoms with Gasteiger partial charge in [0.1, 0.15) is 0 Å². The predicted molar refractivity (Wildman–Crippen MR) is 55.0 cm³/mol. The molecule has 1 aliphatic heterocycles. The minimum Gasteiger partial charge on any atom is -0.390 e. The largest absolute Gasteiger partial charge is 0.390 e. The lowest BCUT2D eigenvalue weighted by Crippen LogP contribution is -2.25. The molecule has 2 heteroatoms. The minimum atomic E-state index is 0.118. The van der Waals surface area contributed by atoms with Crippen molar-refractivity contribution in [2.75, 3.05) is 13.7 Å². The molecule has 1 rings (SSSR count). The fourth-order valence-electron chi connectivity index (χ4n) is 1.40. The molecule has 74 valence electrons. The van der Waals surface area contributed by atoms with Crippen molar-refractivity contribution in [1.29, 1.82) is 0 Å². The van der Waals surface area contributed by atoms with E-state index in [-0.39, 0.29) is 12.0 Å². The molecule has 0 aromatic carbocycles. The van der Waals surface area contributed by atoms with Crippen LogP contribution in [0.4, 0.5) is 0 Å². The van der Waals surface area contributed by atoms with Gasteiger partial charge >= 0.3 is 0 Å². The van der Waals surface area contributed by atoms with E-state index in [9.17, 15) is 0 Å². The van der Waals surface area contributed by atoms with Gasteiger partial charge in [0.25, 0.3) is 0 Å². The van der Waals surface area contributed by atoms with Crippen molar-refractivity contribution in [2.45, 2.75) is 20.8 Å². The summed E-state index contributed by atoms with van der Waals surface area (Å²) in [5.74, 6) is 0.422. The number of likely N-dealkylation sites (N-methyl/N-ethyl adjacent to an activating group) is 1. The lowest BCUT2D eigenvalue weighted by atomic mass is 9.79. The first-order valence-corrected chi connectivity index (χ1v) is 4.68. The third-order valence-electron chi connectivity index (χ3n) is 2.50. The lowest BCUT2D eigenvalue weighted by Gasteiger charge is -2.31. The number of rotatable bonds is 1. The standard InChI is InChI=1S/C11H19NO/c1-11(2,3)9-5-6-12(4)10(7-9)8-13/h5-7,9,13H,8H2,1-4H3. The average Bonchev–Trinajstić information content (AvgIpc) is 2.03. The van der Waals surface area contributed by atoms with Crippen molar-refractivity contribution in [1.82, 2.24) is 4.90 Å². The summed E-state index contributed by atoms with van der Waals surface area (Å²) in [4.78, 5) is 1.96. The van der Waals surface area contributed by atoms with E-state index in [2.05, 4.69) is 32.9 Å². The zero-order chi connectivity index (χ0) is 10.1. The van der Waals surface area contributed by atoms with Crippen LogP contribution in [0.15, 0.2) is 24.0 Å². The highest BCUT2D eigenvalue weighted by Crippen LogP contribution is 2.31. The maximum absolute atomic E-state index is 9.10. The van der Waals surface area contributed by atoms with Crippen LogP contribution in [0, 0.1) is 11.3 Å². The van der Waals surface area contributed by atoms with Crippen LogP contribution in [-0.4, -0.2) is 23.7 Å². The molecule has 0 saturated heterocycles. The summed E-state index contributed by atoms with van der Waals surface area (Å²) in [7, 11) is 1.96. The van der Waals surface area contributed by atoms with E-state index < -0.39 is 0 Å². The lowest BCUT2D eigenvalue weighted by molar-refractivity contribution is 0.278. The van der Waals surface area contributed by atoms with Crippen LogP contribution in [0.2, 0.25) is 0 Å². The zero-order valence-electron chi connectivity index (χ0n) is 8.91. The van der Waals surface area contributed by atoms with Gasteiger partial charge in [-0.05, 0) is 5.41 Å². The van der Waals surface area contributed by atoms with E-state index >= 15 is 0 Å². The van der Waals surface area contributed by atoms with Gasteiger partial charge in [0.15, 0.2) is 0 Å². The second-order valence-electron chi connectivity index (χ2n) is 4.66. The SMILES string of the molecule is CN1C=CC(C(C)(C)C)C=C1CO. The van der Waals surface area contributed by atoms with Crippen molar-refractivity contribution >= 4 is 0 Å². The van der Waals surface area contributed by atoms with E-state index in [1.807, 2.05) is 18.1 Å². The number of aliphatic hydroxyl groups is 1. The van der Waals surface area contributed by atoms with Gasteiger partial charge in [-0.25, -0.2) is 0 Å². The molecule has 1 N–H and O–H groups in total. The Balaban J connectivity index is 2.83. The van der Waals surface area contributed by atoms with Gasteiger partial charge in [0, 0.05) is 24.9 Å². The molecule has 2 nitrogen and oxygen atoms in total. The Morgan fingerprint density at radius 3 is 2.54 bits per heavy atom. The smallest absolute Gasteiger partial charge is 0.0829 e. The topological polar surface area (TPSA) is 23.5 Å². The van der Waals surface area contributed by atoms with Crippen molar-refractivity contribution in [3.8, 4) is 0 Å². The third-order valence-corrected chi connectivity index (χ3v) is 2.50. The van der Waals surface area contributed by atoms with Crippen LogP contribution < -0.4 is 0 Å². The number of allylic oxidation sites excluding steroid dienone is 2. The Bertz CT molecular complexity index is 235. The van der Waals surface area contributed by atoms with Crippen LogP contribution in [0.5, 0.6) is 0 Å². The average molecular weight is 181 g/mol. The molecular weight excluding hydrogens is 162 g/mol. The predicted octanol–water partition coefficient (Wildman–Crippen LogP) is 1.98. The number of nitrogens with zero attached hydrogens (tertiary/aromatic N) is 1. The first kappa shape index (κ1) is 10.3. The van der Waals surface area contributed by atoms with E-state index in [1.165, 1.54) is 0 Å². The Kier molecular flexibility index (Phi) is 2.81. The van der Waals surface area contributed by atoms with Crippen LogP contribution >= 0.6 is 0 Å². The molecule has 1 unspecified atom stereocenters. The van der Waals surface area contributed by atoms with Gasteiger partial charge in [-0.1, -0.05) is 32.9 Å². The molecule has 0 spiro atoms. The highest BCUT2D eigenvalue weighted by atomic mass is 16.3. The second kappa shape index (κ2) is 3.54. The van der Waals surface area contributed by atoms with Gasteiger partial charge in [-0.15, -0.1) is 0 Å². The van der Waals surface area contributed by atoms with E-state index in [4.69, 9.17) is 5.11 Å². The third kappa shape index (κ3) is 2.34. The Morgan fingerprint density at radius 2 is 2.08 bits per heavy atom. The van der Waals surface area contributed by atoms with Crippen LogP contribution in [-0.2, 0) is 0 Å². The molecule has 0 bridgehead atoms. The molecule has 0 aromatic heterocycles. The Morgan fingerprint density at radius 1 is 1.46 bits per heavy atom. The highest BCUT2D eigenvalue weighted by Gasteiger charge is 2.23. The van der Waals surface area contributed by atoms with Gasteiger partial charge in [-0.2, -0.15) is 0 Å². The number of hydrogen-bond acceptors (Lipinski definition) is 2. The number of hydrogen-bond donors (Lipinski definition) is 1. The molecule has 0 saturated carbocycles. The number of aliphatic hydroxyl groups excluding tert-OH is 1. The molecular formula is C11H19NO. The van der Waals surface area contributed by atoms with Crippen molar-refractivity contribution in [3.05, 3.63) is 24.0 Å². The molecule has 1 atom stereocenters. The summed E-state index contributed by atoms with van der Waals surface area (Å²) in [5, 5.41) is 9.10. The fraction of sp³-hybridized carbons (Fsp3) is 0.636. The van der Waals surface area contributed by atoms with Crippen molar-refractivity contribution in [2.24, 2.45) is 11.3 Å². The molecule has 0 aliphatic carbocycles. The Hall–Kier alpha value is -0.760. The Labute approximate surface area is 80.6 Å². The summed E-state index contributed by atoms with van der Waals surface area (Å²) in [6, 6.07) is 0. The molecule has 0 radical (unpaired) electrons.